The second kappa shape index (κ2) is 7.54. The first-order valence-electron chi connectivity index (χ1n) is 9.17. The highest BCUT2D eigenvalue weighted by atomic mass is 19.3. The zero-order valence-corrected chi connectivity index (χ0v) is 15.8. The van der Waals surface area contributed by atoms with E-state index in [1.807, 2.05) is 20.8 Å². The van der Waals surface area contributed by atoms with Crippen molar-refractivity contribution in [3.63, 3.8) is 0 Å². The molecule has 0 N–H and O–H groups in total. The molecule has 0 radical (unpaired) electrons. The van der Waals surface area contributed by atoms with E-state index in [-0.39, 0.29) is 29.3 Å². The number of ether oxygens (including phenoxy) is 2. The lowest BCUT2D eigenvalue weighted by Gasteiger charge is -2.47. The van der Waals surface area contributed by atoms with Gasteiger partial charge < -0.3 is 9.47 Å². The zero-order valence-electron chi connectivity index (χ0n) is 15.8. The van der Waals surface area contributed by atoms with E-state index in [1.54, 1.807) is 11.0 Å². The van der Waals surface area contributed by atoms with Gasteiger partial charge >= 0.3 is 6.09 Å². The number of hydrogen-bond acceptors (Lipinski definition) is 4. The smallest absolute Gasteiger partial charge is 0.410 e. The van der Waals surface area contributed by atoms with Crippen LogP contribution in [0.2, 0.25) is 0 Å². The molecule has 3 rings (SSSR count). The Hall–Kier alpha value is -2.02. The van der Waals surface area contributed by atoms with Gasteiger partial charge in [0, 0.05) is 17.0 Å². The molecule has 2 saturated heterocycles. The molecule has 0 spiro atoms. The van der Waals surface area contributed by atoms with Crippen molar-refractivity contribution in [1.82, 2.24) is 4.90 Å². The van der Waals surface area contributed by atoms with Gasteiger partial charge in [-0.15, -0.1) is 0 Å². The Morgan fingerprint density at radius 1 is 1.19 bits per heavy atom. The van der Waals surface area contributed by atoms with E-state index in [1.165, 1.54) is 18.2 Å². The maximum atomic E-state index is 12.9. The number of carbonyl (C=O) groups excluding carboxylic acids is 2. The van der Waals surface area contributed by atoms with Crippen LogP contribution < -0.4 is 0 Å². The predicted molar refractivity (Wildman–Crippen MR) is 94.9 cm³/mol. The van der Waals surface area contributed by atoms with E-state index in [0.29, 0.717) is 31.6 Å². The number of nitrogens with zero attached hydrogens (tertiary/aromatic N) is 1. The third-order valence-corrected chi connectivity index (χ3v) is 4.92. The van der Waals surface area contributed by atoms with Crippen molar-refractivity contribution in [3.05, 3.63) is 35.4 Å². The summed E-state index contributed by atoms with van der Waals surface area (Å²) in [6, 6.07) is 5.13. The molecule has 27 heavy (non-hydrogen) atoms. The number of alkyl halides is 2. The van der Waals surface area contributed by atoms with Crippen molar-refractivity contribution in [2.24, 2.45) is 5.92 Å². The van der Waals surface area contributed by atoms with Crippen LogP contribution in [0.1, 0.15) is 56.0 Å². The predicted octanol–water partition coefficient (Wildman–Crippen LogP) is 4.22. The normalized spacial score (nSPS) is 25.4. The third kappa shape index (κ3) is 4.46. The molecule has 1 aromatic carbocycles. The number of piperidine rings is 1. The summed E-state index contributed by atoms with van der Waals surface area (Å²) in [5, 5.41) is 0. The first-order valence-corrected chi connectivity index (χ1v) is 9.17. The molecule has 2 fully saturated rings. The molecule has 0 aliphatic carbocycles. The minimum atomic E-state index is -2.61. The van der Waals surface area contributed by atoms with Crippen molar-refractivity contribution in [3.8, 4) is 0 Å². The third-order valence-electron chi connectivity index (χ3n) is 4.92. The minimum Gasteiger partial charge on any atom is -0.444 e. The second-order valence-electron chi connectivity index (χ2n) is 8.19. The molecule has 2 aliphatic rings. The summed E-state index contributed by atoms with van der Waals surface area (Å²) < 4.78 is 36.9. The topological polar surface area (TPSA) is 55.8 Å². The Bertz CT molecular complexity index is 702. The molecule has 1 aromatic rings. The summed E-state index contributed by atoms with van der Waals surface area (Å²) in [7, 11) is 0. The van der Waals surface area contributed by atoms with Crippen LogP contribution >= 0.6 is 0 Å². The van der Waals surface area contributed by atoms with Crippen LogP contribution in [-0.4, -0.2) is 47.7 Å². The number of amides is 1. The average molecular weight is 381 g/mol. The fraction of sp³-hybridized carbons (Fsp3) is 0.600. The lowest BCUT2D eigenvalue weighted by molar-refractivity contribution is -0.0861. The maximum Gasteiger partial charge on any atom is 0.410 e. The summed E-state index contributed by atoms with van der Waals surface area (Å²) in [4.78, 5) is 27.2. The highest BCUT2D eigenvalue weighted by Crippen LogP contribution is 2.35. The fourth-order valence-corrected chi connectivity index (χ4v) is 3.81. The minimum absolute atomic E-state index is 0.154. The van der Waals surface area contributed by atoms with Crippen LogP contribution in [0.3, 0.4) is 0 Å². The number of hydrogen-bond donors (Lipinski definition) is 0. The molecule has 2 aliphatic heterocycles. The lowest BCUT2D eigenvalue weighted by atomic mass is 9.80. The van der Waals surface area contributed by atoms with Gasteiger partial charge in [-0.1, -0.05) is 18.2 Å². The molecule has 5 nitrogen and oxygen atoms in total. The highest BCUT2D eigenvalue weighted by molar-refractivity contribution is 5.98. The molecule has 1 amide bonds. The average Bonchev–Trinajstić information content (AvgIpc) is 2.58. The van der Waals surface area contributed by atoms with Gasteiger partial charge in [0.25, 0.3) is 6.43 Å². The van der Waals surface area contributed by atoms with E-state index in [9.17, 15) is 18.4 Å². The van der Waals surface area contributed by atoms with Crippen LogP contribution in [0.25, 0.3) is 0 Å². The molecule has 2 heterocycles. The number of Topliss-reactive ketones (excluding diaryl/α,β-unsaturated/α-hetero) is 1. The molecular weight excluding hydrogens is 356 g/mol. The number of halogens is 2. The van der Waals surface area contributed by atoms with Gasteiger partial charge in [0.2, 0.25) is 0 Å². The summed E-state index contributed by atoms with van der Waals surface area (Å²) >= 11 is 0. The Balaban J connectivity index is 1.75. The van der Waals surface area contributed by atoms with Gasteiger partial charge in [-0.05, 0) is 39.7 Å². The van der Waals surface area contributed by atoms with Gasteiger partial charge in [0.05, 0.1) is 25.3 Å². The standard InChI is InChI=1S/C20H25F2NO4/c1-20(2,3)27-19(25)23-15-8-14(9-16(23)11-26-10-15)17(24)12-5-4-6-13(7-12)18(21)22/h4-7,14-16,18H,8-11H2,1-3H3. The molecule has 2 atom stereocenters. The summed E-state index contributed by atoms with van der Waals surface area (Å²) in [6.45, 7) is 6.11. The van der Waals surface area contributed by atoms with Crippen molar-refractivity contribution >= 4 is 11.9 Å². The van der Waals surface area contributed by atoms with E-state index >= 15 is 0 Å². The van der Waals surface area contributed by atoms with Crippen molar-refractivity contribution in [2.75, 3.05) is 13.2 Å². The summed E-state index contributed by atoms with van der Waals surface area (Å²) in [5.41, 5.74) is -0.465. The Labute approximate surface area is 157 Å². The molecule has 0 aromatic heterocycles. The SMILES string of the molecule is CC(C)(C)OC(=O)N1C2COCC1CC(C(=O)c1cccc(C(F)F)c1)C2. The Morgan fingerprint density at radius 3 is 2.37 bits per heavy atom. The number of morpholine rings is 1. The number of rotatable bonds is 3. The van der Waals surface area contributed by atoms with E-state index < -0.39 is 18.1 Å². The molecule has 2 unspecified atom stereocenters. The number of fused-ring (bicyclic) bond motifs is 2. The summed E-state index contributed by atoms with van der Waals surface area (Å²) in [5.74, 6) is -0.478. The van der Waals surface area contributed by atoms with Crippen LogP contribution in [0.15, 0.2) is 24.3 Å². The second-order valence-corrected chi connectivity index (χ2v) is 8.19. The van der Waals surface area contributed by atoms with Crippen LogP contribution in [-0.2, 0) is 9.47 Å². The van der Waals surface area contributed by atoms with Gasteiger partial charge in [0.15, 0.2) is 5.78 Å². The van der Waals surface area contributed by atoms with E-state index in [4.69, 9.17) is 9.47 Å². The number of benzene rings is 1. The van der Waals surface area contributed by atoms with Crippen molar-refractivity contribution < 1.29 is 27.8 Å². The highest BCUT2D eigenvalue weighted by Gasteiger charge is 2.45. The first kappa shape index (κ1) is 19.7. The fourth-order valence-electron chi connectivity index (χ4n) is 3.81. The molecule has 7 heteroatoms. The number of ketones is 1. The van der Waals surface area contributed by atoms with Gasteiger partial charge in [-0.3, -0.25) is 9.69 Å². The van der Waals surface area contributed by atoms with Crippen LogP contribution in [0.4, 0.5) is 13.6 Å². The number of carbonyl (C=O) groups is 2. The van der Waals surface area contributed by atoms with Crippen LogP contribution in [0, 0.1) is 5.92 Å². The first-order chi connectivity index (χ1) is 12.7. The molecule has 2 bridgehead atoms. The van der Waals surface area contributed by atoms with Crippen molar-refractivity contribution in [2.45, 2.75) is 57.7 Å². The molecule has 0 saturated carbocycles. The van der Waals surface area contributed by atoms with Crippen molar-refractivity contribution in [1.29, 1.82) is 0 Å². The van der Waals surface area contributed by atoms with Gasteiger partial charge in [-0.2, -0.15) is 0 Å². The molecular formula is C20H25F2NO4. The lowest BCUT2D eigenvalue weighted by Crippen LogP contribution is -2.60. The van der Waals surface area contributed by atoms with E-state index in [2.05, 4.69) is 0 Å². The largest absolute Gasteiger partial charge is 0.444 e. The monoisotopic (exact) mass is 381 g/mol. The maximum absolute atomic E-state index is 12.9. The zero-order chi connectivity index (χ0) is 19.8. The van der Waals surface area contributed by atoms with Gasteiger partial charge in [-0.25, -0.2) is 13.6 Å². The Kier molecular flexibility index (Phi) is 5.51. The van der Waals surface area contributed by atoms with Crippen LogP contribution in [0.5, 0.6) is 0 Å². The summed E-state index contributed by atoms with van der Waals surface area (Å²) in [6.07, 6.45) is -2.13. The van der Waals surface area contributed by atoms with Gasteiger partial charge in [0.1, 0.15) is 5.60 Å². The van der Waals surface area contributed by atoms with E-state index in [0.717, 1.165) is 0 Å². The quantitative estimate of drug-likeness (QED) is 0.736. The molecule has 148 valence electrons. The Morgan fingerprint density at radius 2 is 1.81 bits per heavy atom.